The van der Waals surface area contributed by atoms with Crippen molar-refractivity contribution in [2.75, 3.05) is 25.1 Å². The van der Waals surface area contributed by atoms with Crippen LogP contribution in [0, 0.1) is 12.8 Å². The molecule has 2 amide bonds. The summed E-state index contributed by atoms with van der Waals surface area (Å²) in [7, 11) is -2.35. The molecule has 2 N–H and O–H groups in total. The van der Waals surface area contributed by atoms with Crippen molar-refractivity contribution in [1.29, 1.82) is 0 Å². The predicted octanol–water partition coefficient (Wildman–Crippen LogP) is 7.62. The Morgan fingerprint density at radius 3 is 1.96 bits per heavy atom. The number of H-pyrrole nitrogens is 1. The van der Waals surface area contributed by atoms with Crippen LogP contribution in [0.5, 0.6) is 0 Å². The monoisotopic (exact) mass is 754 g/mol. The third-order valence-electron chi connectivity index (χ3n) is 10.9. The summed E-state index contributed by atoms with van der Waals surface area (Å²) in [5.74, 6) is -2.59. The Morgan fingerprint density at radius 1 is 0.980 bits per heavy atom. The summed E-state index contributed by atoms with van der Waals surface area (Å²) in [6.07, 6.45) is 5.53. The summed E-state index contributed by atoms with van der Waals surface area (Å²) < 4.78 is 20.6. The number of aromatic amines is 1. The Bertz CT molecular complexity index is 1380. The first kappa shape index (κ1) is 44.5. The topological polar surface area (TPSA) is 157 Å². The zero-order chi connectivity index (χ0) is 39.0. The summed E-state index contributed by atoms with van der Waals surface area (Å²) in [5.41, 5.74) is 1.48. The van der Waals surface area contributed by atoms with E-state index < -0.39 is 57.9 Å². The average molecular weight is 755 g/mol. The molecule has 0 spiro atoms. The first-order valence-corrected chi connectivity index (χ1v) is 24.4. The number of hydrogen-bond donors (Lipinski definition) is 2. The molecule has 292 valence electrons. The van der Waals surface area contributed by atoms with Gasteiger partial charge in [-0.05, 0) is 0 Å². The van der Waals surface area contributed by atoms with Crippen molar-refractivity contribution in [3.63, 3.8) is 0 Å². The minimum atomic E-state index is -3.95. The fraction of sp³-hybridized carbons (Fsp3) is 0.784. The van der Waals surface area contributed by atoms with Crippen LogP contribution in [0.15, 0.2) is 0 Å². The van der Waals surface area contributed by atoms with Gasteiger partial charge in [-0.2, -0.15) is 0 Å². The van der Waals surface area contributed by atoms with Crippen molar-refractivity contribution in [3.05, 3.63) is 17.0 Å². The van der Waals surface area contributed by atoms with Crippen molar-refractivity contribution in [3.8, 4) is 0 Å². The molecule has 1 aliphatic heterocycles. The number of amides is 2. The van der Waals surface area contributed by atoms with Crippen LogP contribution < -0.4 is 5.32 Å². The standard InChI is InChI=1S/C37H67N4O8PSi/c1-14-17-20-50(21-18-15-2,22-19-16-3,48-32(45)24-47-29(8)43)41-30(34(36(41)46)27(6)49-51(12,13)37(9,10)11)23-31(44)35-33(26(5)39-40-35)25(4)38-28(7)42/h25,27,30,34H,14-24H2,1-13H3,(H,38,42)(H,39,40)/t25?,27-,30-,34-/m1/s1. The third kappa shape index (κ3) is 10.3. The number of Topliss-reactive ketones (excluding diaryl/α,β-unsaturated/α-hetero) is 1. The summed E-state index contributed by atoms with van der Waals surface area (Å²) in [6, 6.07) is -1.11. The van der Waals surface area contributed by atoms with E-state index in [1.54, 1.807) is 0 Å². The maximum absolute atomic E-state index is 15.0. The molecule has 14 heteroatoms. The molecule has 0 aromatic carbocycles. The van der Waals surface area contributed by atoms with Crippen LogP contribution in [0.25, 0.3) is 0 Å². The van der Waals surface area contributed by atoms with Gasteiger partial charge in [-0.3, -0.25) is 0 Å². The van der Waals surface area contributed by atoms with E-state index in [4.69, 9.17) is 13.7 Å². The van der Waals surface area contributed by atoms with Crippen LogP contribution in [-0.4, -0.2) is 90.0 Å². The minimum absolute atomic E-state index is 0.0601. The summed E-state index contributed by atoms with van der Waals surface area (Å²) in [6.45, 7) is 20.6. The number of nitrogens with zero attached hydrogens (tertiary/aromatic N) is 2. The van der Waals surface area contributed by atoms with E-state index in [9.17, 15) is 24.0 Å². The van der Waals surface area contributed by atoms with Gasteiger partial charge in [0, 0.05) is 0 Å². The van der Waals surface area contributed by atoms with Gasteiger partial charge in [-0.1, -0.05) is 0 Å². The SMILES string of the molecule is CCCCP(CCCC)(CCCC)(OC(=O)COC(C)=O)N1C(=O)[C@H]([C@@H](C)O[Si](C)(C)C(C)(C)C)[C@H]1CC(=O)c1n[nH]c(C)c1C(C)NC(C)=O. The number of ether oxygens (including phenoxy) is 1. The number of aryl methyl sites for hydroxylation is 1. The van der Waals surface area contributed by atoms with Gasteiger partial charge in [0.05, 0.1) is 0 Å². The quantitative estimate of drug-likeness (QED) is 0.0424. The molecule has 0 bridgehead atoms. The second-order valence-electron chi connectivity index (χ2n) is 16.1. The number of hydrogen-bond acceptors (Lipinski definition) is 9. The Morgan fingerprint density at radius 2 is 1.51 bits per heavy atom. The molecular formula is C37H67N4O8PSi. The summed E-state index contributed by atoms with van der Waals surface area (Å²) in [5, 5.41) is 10.1. The van der Waals surface area contributed by atoms with Gasteiger partial charge in [0.25, 0.3) is 0 Å². The first-order chi connectivity index (χ1) is 23.6. The van der Waals surface area contributed by atoms with E-state index in [1.165, 1.54) is 13.8 Å². The molecule has 12 nitrogen and oxygen atoms in total. The Kier molecular flexibility index (Phi) is 15.7. The van der Waals surface area contributed by atoms with E-state index in [2.05, 4.69) is 70.2 Å². The van der Waals surface area contributed by atoms with Gasteiger partial charge in [0.1, 0.15) is 0 Å². The van der Waals surface area contributed by atoms with Gasteiger partial charge >= 0.3 is 308 Å². The van der Waals surface area contributed by atoms with Crippen LogP contribution in [0.2, 0.25) is 18.1 Å². The normalized spacial score (nSPS) is 18.6. The molecular weight excluding hydrogens is 687 g/mol. The van der Waals surface area contributed by atoms with Crippen molar-refractivity contribution >= 4 is 44.8 Å². The third-order valence-corrected chi connectivity index (χ3v) is 21.7. The summed E-state index contributed by atoms with van der Waals surface area (Å²) in [4.78, 5) is 67.0. The van der Waals surface area contributed by atoms with Crippen LogP contribution in [0.3, 0.4) is 0 Å². The molecule has 51 heavy (non-hydrogen) atoms. The number of β-lactam (4-membered cyclic amide) rings is 1. The van der Waals surface area contributed by atoms with E-state index in [1.807, 2.05) is 25.4 Å². The summed E-state index contributed by atoms with van der Waals surface area (Å²) >= 11 is 0. The molecule has 0 saturated carbocycles. The molecule has 1 aromatic rings. The molecule has 1 aliphatic rings. The number of esters is 1. The van der Waals surface area contributed by atoms with E-state index in [0.717, 1.165) is 19.3 Å². The maximum atomic E-state index is 15.0. The number of aromatic nitrogens is 2. The molecule has 1 aromatic heterocycles. The number of ketones is 1. The van der Waals surface area contributed by atoms with Crippen LogP contribution >= 0.6 is 6.98 Å². The van der Waals surface area contributed by atoms with Gasteiger partial charge in [-0.25, -0.2) is 0 Å². The first-order valence-electron chi connectivity index (χ1n) is 18.8. The molecule has 2 rings (SSSR count). The van der Waals surface area contributed by atoms with Gasteiger partial charge in [0.2, 0.25) is 0 Å². The van der Waals surface area contributed by atoms with Crippen molar-refractivity contribution in [1.82, 2.24) is 20.2 Å². The number of rotatable bonds is 21. The number of nitrogens with one attached hydrogen (secondary N) is 2. The van der Waals surface area contributed by atoms with E-state index in [0.29, 0.717) is 49.0 Å². The zero-order valence-electron chi connectivity index (χ0n) is 33.7. The second-order valence-corrected chi connectivity index (χ2v) is 25.9. The van der Waals surface area contributed by atoms with Crippen molar-refractivity contribution in [2.24, 2.45) is 5.92 Å². The van der Waals surface area contributed by atoms with Crippen LogP contribution in [0.1, 0.15) is 142 Å². The molecule has 1 unspecified atom stereocenters. The zero-order valence-corrected chi connectivity index (χ0v) is 35.6. The Hall–Kier alpha value is -2.63. The fourth-order valence-corrected chi connectivity index (χ4v) is 15.7. The van der Waals surface area contributed by atoms with Gasteiger partial charge < -0.3 is 0 Å². The molecule has 2 heterocycles. The Balaban J connectivity index is 2.86. The predicted molar refractivity (Wildman–Crippen MR) is 205 cm³/mol. The van der Waals surface area contributed by atoms with Gasteiger partial charge in [-0.15, -0.1) is 0 Å². The fourth-order valence-electron chi connectivity index (χ4n) is 7.30. The van der Waals surface area contributed by atoms with Crippen molar-refractivity contribution in [2.45, 2.75) is 157 Å². The molecule has 0 radical (unpaired) electrons. The Labute approximate surface area is 307 Å². The molecule has 1 fully saturated rings. The van der Waals surface area contributed by atoms with Crippen LogP contribution in [-0.2, 0) is 32.9 Å². The molecule has 0 aliphatic carbocycles. The van der Waals surface area contributed by atoms with Crippen LogP contribution in [0.4, 0.5) is 0 Å². The molecule has 1 saturated heterocycles. The number of carbonyl (C=O) groups excluding carboxylic acids is 5. The van der Waals surface area contributed by atoms with E-state index >= 15 is 0 Å². The van der Waals surface area contributed by atoms with Crippen molar-refractivity contribution < 1.29 is 37.7 Å². The number of unbranched alkanes of at least 4 members (excludes halogenated alkanes) is 3. The second kappa shape index (κ2) is 17.9. The average Bonchev–Trinajstić information content (AvgIpc) is 3.41. The number of carbonyl (C=O) groups is 5. The molecule has 4 atom stereocenters. The van der Waals surface area contributed by atoms with Gasteiger partial charge in [0.15, 0.2) is 0 Å². The van der Waals surface area contributed by atoms with E-state index in [-0.39, 0.29) is 34.8 Å².